The number of aromatic nitrogens is 2. The first kappa shape index (κ1) is 14.4. The molecule has 1 unspecified atom stereocenters. The molecule has 1 aliphatic heterocycles. The molecule has 1 aliphatic carbocycles. The molecule has 0 amide bonds. The van der Waals surface area contributed by atoms with Gasteiger partial charge in [-0.25, -0.2) is 0 Å². The Morgan fingerprint density at radius 1 is 1.29 bits per heavy atom. The molecule has 2 N–H and O–H groups in total. The van der Waals surface area contributed by atoms with Crippen LogP contribution in [0.3, 0.4) is 0 Å². The second kappa shape index (κ2) is 5.04. The van der Waals surface area contributed by atoms with Gasteiger partial charge in [0.15, 0.2) is 0 Å². The zero-order valence-electron chi connectivity index (χ0n) is 13.4. The molecule has 1 saturated heterocycles. The Balaban J connectivity index is 1.80. The van der Waals surface area contributed by atoms with Gasteiger partial charge in [-0.1, -0.05) is 13.3 Å². The van der Waals surface area contributed by atoms with Gasteiger partial charge in [0.05, 0.1) is 5.56 Å². The van der Waals surface area contributed by atoms with Crippen LogP contribution >= 0.6 is 0 Å². The van der Waals surface area contributed by atoms with Gasteiger partial charge < -0.3 is 10.6 Å². The van der Waals surface area contributed by atoms with Crippen LogP contribution < -0.4 is 16.2 Å². The summed E-state index contributed by atoms with van der Waals surface area (Å²) in [6, 6.07) is 0. The van der Waals surface area contributed by atoms with Crippen molar-refractivity contribution in [3.8, 4) is 0 Å². The highest BCUT2D eigenvalue weighted by atomic mass is 16.1. The van der Waals surface area contributed by atoms with Gasteiger partial charge in [0, 0.05) is 20.1 Å². The molecule has 0 bridgehead atoms. The SMILES string of the molecule is Cc1c(N)nc(N2CCC3(CCC(C)C3)CC2)n(C)c1=O. The van der Waals surface area contributed by atoms with E-state index in [2.05, 4.69) is 16.8 Å². The number of rotatable bonds is 1. The third kappa shape index (κ3) is 2.43. The molecule has 1 aromatic heterocycles. The van der Waals surface area contributed by atoms with Crippen molar-refractivity contribution in [2.75, 3.05) is 23.7 Å². The Labute approximate surface area is 126 Å². The number of hydrogen-bond acceptors (Lipinski definition) is 4. The molecule has 116 valence electrons. The Morgan fingerprint density at radius 2 is 1.95 bits per heavy atom. The third-order valence-corrected chi connectivity index (χ3v) is 5.59. The van der Waals surface area contributed by atoms with Crippen LogP contribution in [0.15, 0.2) is 4.79 Å². The molecule has 1 spiro atoms. The number of piperidine rings is 1. The second-order valence-electron chi connectivity index (χ2n) is 7.12. The van der Waals surface area contributed by atoms with Crippen LogP contribution in [-0.2, 0) is 7.05 Å². The molecule has 0 aromatic carbocycles. The summed E-state index contributed by atoms with van der Waals surface area (Å²) < 4.78 is 1.64. The number of hydrogen-bond donors (Lipinski definition) is 1. The first-order valence-corrected chi connectivity index (χ1v) is 8.00. The third-order valence-electron chi connectivity index (χ3n) is 5.59. The molecule has 21 heavy (non-hydrogen) atoms. The van der Waals surface area contributed by atoms with Crippen molar-refractivity contribution in [1.82, 2.24) is 9.55 Å². The van der Waals surface area contributed by atoms with E-state index in [-0.39, 0.29) is 5.56 Å². The molecule has 0 radical (unpaired) electrons. The van der Waals surface area contributed by atoms with E-state index in [9.17, 15) is 4.79 Å². The molecule has 1 aromatic rings. The standard InChI is InChI=1S/C16H26N4O/c1-11-4-5-16(10-11)6-8-20(9-7-16)15-18-13(17)12(2)14(21)19(15)3/h11H,4-10,17H2,1-3H3. The van der Waals surface area contributed by atoms with Crippen LogP contribution in [0.4, 0.5) is 11.8 Å². The Kier molecular flexibility index (Phi) is 3.46. The van der Waals surface area contributed by atoms with Gasteiger partial charge >= 0.3 is 0 Å². The highest BCUT2D eigenvalue weighted by molar-refractivity contribution is 5.45. The van der Waals surface area contributed by atoms with Crippen LogP contribution in [0.25, 0.3) is 0 Å². The maximum Gasteiger partial charge on any atom is 0.259 e. The molecule has 2 heterocycles. The summed E-state index contributed by atoms with van der Waals surface area (Å²) in [6.07, 6.45) is 6.52. The van der Waals surface area contributed by atoms with E-state index in [1.54, 1.807) is 18.5 Å². The zero-order chi connectivity index (χ0) is 15.2. The fourth-order valence-electron chi connectivity index (χ4n) is 4.13. The monoisotopic (exact) mass is 290 g/mol. The fraction of sp³-hybridized carbons (Fsp3) is 0.750. The number of nitrogens with two attached hydrogens (primary N) is 1. The number of nitrogen functional groups attached to an aromatic ring is 1. The Bertz CT molecular complexity index is 599. The second-order valence-corrected chi connectivity index (χ2v) is 7.12. The average Bonchev–Trinajstić information content (AvgIpc) is 2.83. The molecule has 1 atom stereocenters. The van der Waals surface area contributed by atoms with Crippen LogP contribution in [0, 0.1) is 18.3 Å². The van der Waals surface area contributed by atoms with E-state index in [0.717, 1.165) is 25.0 Å². The highest BCUT2D eigenvalue weighted by Gasteiger charge is 2.40. The summed E-state index contributed by atoms with van der Waals surface area (Å²) >= 11 is 0. The summed E-state index contributed by atoms with van der Waals surface area (Å²) in [7, 11) is 1.79. The van der Waals surface area contributed by atoms with Crippen LogP contribution in [0.5, 0.6) is 0 Å². The van der Waals surface area contributed by atoms with Gasteiger partial charge in [0.2, 0.25) is 5.95 Å². The van der Waals surface area contributed by atoms with Crippen molar-refractivity contribution < 1.29 is 0 Å². The number of nitrogens with zero attached hydrogens (tertiary/aromatic N) is 3. The molecular formula is C16H26N4O. The molecule has 2 fully saturated rings. The lowest BCUT2D eigenvalue weighted by molar-refractivity contribution is 0.217. The zero-order valence-corrected chi connectivity index (χ0v) is 13.4. The first-order chi connectivity index (χ1) is 9.92. The molecule has 5 heteroatoms. The van der Waals surface area contributed by atoms with Crippen LogP contribution in [-0.4, -0.2) is 22.6 Å². The normalized spacial score (nSPS) is 24.7. The predicted molar refractivity (Wildman–Crippen MR) is 85.5 cm³/mol. The van der Waals surface area contributed by atoms with Gasteiger partial charge in [-0.05, 0) is 43.9 Å². The van der Waals surface area contributed by atoms with E-state index >= 15 is 0 Å². The molecule has 5 nitrogen and oxygen atoms in total. The average molecular weight is 290 g/mol. The molecular weight excluding hydrogens is 264 g/mol. The topological polar surface area (TPSA) is 64.2 Å². The maximum absolute atomic E-state index is 12.2. The van der Waals surface area contributed by atoms with Crippen molar-refractivity contribution in [3.05, 3.63) is 15.9 Å². The number of anilines is 2. The maximum atomic E-state index is 12.2. The van der Waals surface area contributed by atoms with Crippen LogP contribution in [0.1, 0.15) is 44.6 Å². The van der Waals surface area contributed by atoms with Gasteiger partial charge in [-0.15, -0.1) is 0 Å². The summed E-state index contributed by atoms with van der Waals surface area (Å²) in [5.74, 6) is 1.96. The Hall–Kier alpha value is -1.52. The summed E-state index contributed by atoms with van der Waals surface area (Å²) in [4.78, 5) is 18.8. The summed E-state index contributed by atoms with van der Waals surface area (Å²) in [5, 5.41) is 0. The van der Waals surface area contributed by atoms with Crippen molar-refractivity contribution >= 4 is 11.8 Å². The lowest BCUT2D eigenvalue weighted by Crippen LogP contribution is -2.42. The van der Waals surface area contributed by atoms with Crippen molar-refractivity contribution in [2.24, 2.45) is 18.4 Å². The minimum atomic E-state index is -0.0349. The smallest absolute Gasteiger partial charge is 0.259 e. The van der Waals surface area contributed by atoms with Gasteiger partial charge in [0.1, 0.15) is 5.82 Å². The van der Waals surface area contributed by atoms with Crippen molar-refractivity contribution in [2.45, 2.75) is 46.0 Å². The molecule has 3 rings (SSSR count). The lowest BCUT2D eigenvalue weighted by Gasteiger charge is -2.40. The highest BCUT2D eigenvalue weighted by Crippen LogP contribution is 2.48. The largest absolute Gasteiger partial charge is 0.383 e. The van der Waals surface area contributed by atoms with Crippen LogP contribution in [0.2, 0.25) is 0 Å². The lowest BCUT2D eigenvalue weighted by atomic mass is 9.76. The van der Waals surface area contributed by atoms with E-state index in [1.807, 2.05) is 0 Å². The van der Waals surface area contributed by atoms with E-state index in [4.69, 9.17) is 5.73 Å². The van der Waals surface area contributed by atoms with Gasteiger partial charge in [-0.3, -0.25) is 9.36 Å². The minimum absolute atomic E-state index is 0.0349. The first-order valence-electron chi connectivity index (χ1n) is 8.00. The fourth-order valence-corrected chi connectivity index (χ4v) is 4.13. The summed E-state index contributed by atoms with van der Waals surface area (Å²) in [6.45, 7) is 6.07. The van der Waals surface area contributed by atoms with E-state index in [1.165, 1.54) is 32.1 Å². The predicted octanol–water partition coefficient (Wildman–Crippen LogP) is 2.08. The van der Waals surface area contributed by atoms with Gasteiger partial charge in [-0.2, -0.15) is 4.98 Å². The quantitative estimate of drug-likeness (QED) is 0.860. The van der Waals surface area contributed by atoms with Crippen molar-refractivity contribution in [3.63, 3.8) is 0 Å². The molecule has 2 aliphatic rings. The van der Waals surface area contributed by atoms with Gasteiger partial charge in [0.25, 0.3) is 5.56 Å². The summed E-state index contributed by atoms with van der Waals surface area (Å²) in [5.41, 5.74) is 6.93. The minimum Gasteiger partial charge on any atom is -0.383 e. The Morgan fingerprint density at radius 3 is 2.52 bits per heavy atom. The van der Waals surface area contributed by atoms with E-state index in [0.29, 0.717) is 16.8 Å². The van der Waals surface area contributed by atoms with E-state index < -0.39 is 0 Å². The molecule has 1 saturated carbocycles. The van der Waals surface area contributed by atoms with Crippen molar-refractivity contribution in [1.29, 1.82) is 0 Å².